The van der Waals surface area contributed by atoms with Gasteiger partial charge >= 0.3 is 6.03 Å². The lowest BCUT2D eigenvalue weighted by atomic mass is 10.1. The van der Waals surface area contributed by atoms with Gasteiger partial charge in [0.1, 0.15) is 0 Å². The van der Waals surface area contributed by atoms with E-state index in [1.807, 2.05) is 24.3 Å². The molecule has 0 spiro atoms. The second-order valence-electron chi connectivity index (χ2n) is 5.98. The molecular formula is C16H23N3O. The van der Waals surface area contributed by atoms with Crippen molar-refractivity contribution in [1.82, 2.24) is 5.32 Å². The summed E-state index contributed by atoms with van der Waals surface area (Å²) >= 11 is 0. The Hall–Kier alpha value is -1.71. The highest BCUT2D eigenvalue weighted by Crippen LogP contribution is 2.25. The van der Waals surface area contributed by atoms with Crippen LogP contribution in [0.25, 0.3) is 0 Å². The Kier molecular flexibility index (Phi) is 4.09. The first kappa shape index (κ1) is 13.3. The van der Waals surface area contributed by atoms with E-state index in [4.69, 9.17) is 0 Å². The third-order valence-electron chi connectivity index (χ3n) is 4.12. The van der Waals surface area contributed by atoms with Crippen molar-refractivity contribution < 1.29 is 4.79 Å². The minimum atomic E-state index is -0.0980. The molecule has 2 aliphatic rings. The molecule has 3 N–H and O–H groups in total. The van der Waals surface area contributed by atoms with Crippen LogP contribution in [0, 0.1) is 5.92 Å². The number of carbonyl (C=O) groups excluding carboxylic acids is 1. The van der Waals surface area contributed by atoms with Gasteiger partial charge in [0.05, 0.1) is 0 Å². The largest absolute Gasteiger partial charge is 0.385 e. The van der Waals surface area contributed by atoms with Crippen LogP contribution in [0.2, 0.25) is 0 Å². The summed E-state index contributed by atoms with van der Waals surface area (Å²) in [5.41, 5.74) is 1.97. The van der Waals surface area contributed by atoms with Gasteiger partial charge in [-0.05, 0) is 55.9 Å². The van der Waals surface area contributed by atoms with Gasteiger partial charge in [-0.25, -0.2) is 4.79 Å². The number of urea groups is 1. The fraction of sp³-hybridized carbons (Fsp3) is 0.562. The lowest BCUT2D eigenvalue weighted by molar-refractivity contribution is 0.251. The third kappa shape index (κ3) is 3.89. The lowest BCUT2D eigenvalue weighted by Crippen LogP contribution is -2.30. The first-order valence-electron chi connectivity index (χ1n) is 7.71. The number of rotatable bonds is 5. The van der Waals surface area contributed by atoms with E-state index in [0.717, 1.165) is 36.7 Å². The fourth-order valence-electron chi connectivity index (χ4n) is 2.73. The Morgan fingerprint density at radius 1 is 1.00 bits per heavy atom. The number of hydrogen-bond acceptors (Lipinski definition) is 2. The first-order valence-corrected chi connectivity index (χ1v) is 7.71. The summed E-state index contributed by atoms with van der Waals surface area (Å²) in [5, 5.41) is 9.25. The van der Waals surface area contributed by atoms with E-state index in [9.17, 15) is 4.79 Å². The van der Waals surface area contributed by atoms with Gasteiger partial charge in [-0.2, -0.15) is 0 Å². The van der Waals surface area contributed by atoms with Crippen molar-refractivity contribution in [3.05, 3.63) is 24.3 Å². The van der Waals surface area contributed by atoms with Crippen LogP contribution in [0.1, 0.15) is 38.5 Å². The minimum Gasteiger partial charge on any atom is -0.385 e. The van der Waals surface area contributed by atoms with Crippen molar-refractivity contribution in [2.45, 2.75) is 44.6 Å². The van der Waals surface area contributed by atoms with E-state index in [0.29, 0.717) is 6.04 Å². The molecule has 0 heterocycles. The van der Waals surface area contributed by atoms with Gasteiger partial charge in [0, 0.05) is 24.0 Å². The highest BCUT2D eigenvalue weighted by molar-refractivity contribution is 5.89. The Labute approximate surface area is 120 Å². The average Bonchev–Trinajstić information content (AvgIpc) is 3.10. The predicted octanol–water partition coefficient (Wildman–Crippen LogP) is 3.57. The SMILES string of the molecule is O=C(Nc1ccc(NCC2CCCC2)cc1)NC1CC1. The van der Waals surface area contributed by atoms with Crippen LogP contribution in [0.5, 0.6) is 0 Å². The molecule has 0 atom stereocenters. The second-order valence-corrected chi connectivity index (χ2v) is 5.98. The maximum absolute atomic E-state index is 11.6. The minimum absolute atomic E-state index is 0.0980. The van der Waals surface area contributed by atoms with Crippen LogP contribution in [0.15, 0.2) is 24.3 Å². The molecule has 2 fully saturated rings. The van der Waals surface area contributed by atoms with Crippen molar-refractivity contribution >= 4 is 17.4 Å². The molecule has 2 saturated carbocycles. The van der Waals surface area contributed by atoms with E-state index in [2.05, 4.69) is 16.0 Å². The second kappa shape index (κ2) is 6.16. The first-order chi connectivity index (χ1) is 9.79. The smallest absolute Gasteiger partial charge is 0.319 e. The molecule has 0 radical (unpaired) electrons. The van der Waals surface area contributed by atoms with E-state index >= 15 is 0 Å². The molecule has 1 aromatic carbocycles. The molecule has 0 unspecified atom stereocenters. The van der Waals surface area contributed by atoms with Gasteiger partial charge in [-0.3, -0.25) is 0 Å². The van der Waals surface area contributed by atoms with Crippen molar-refractivity contribution in [2.24, 2.45) is 5.92 Å². The van der Waals surface area contributed by atoms with Crippen LogP contribution in [0.4, 0.5) is 16.2 Å². The Morgan fingerprint density at radius 3 is 2.30 bits per heavy atom. The summed E-state index contributed by atoms with van der Waals surface area (Å²) < 4.78 is 0. The molecule has 108 valence electrons. The number of benzene rings is 1. The van der Waals surface area contributed by atoms with E-state index in [1.54, 1.807) is 0 Å². The Morgan fingerprint density at radius 2 is 1.65 bits per heavy atom. The fourth-order valence-corrected chi connectivity index (χ4v) is 2.73. The molecule has 20 heavy (non-hydrogen) atoms. The monoisotopic (exact) mass is 273 g/mol. The molecule has 4 heteroatoms. The molecule has 3 rings (SSSR count). The summed E-state index contributed by atoms with van der Waals surface area (Å²) in [7, 11) is 0. The molecule has 0 saturated heterocycles. The van der Waals surface area contributed by atoms with Gasteiger partial charge in [-0.1, -0.05) is 12.8 Å². The van der Waals surface area contributed by atoms with Crippen LogP contribution in [-0.4, -0.2) is 18.6 Å². The summed E-state index contributed by atoms with van der Waals surface area (Å²) in [6.45, 7) is 1.06. The maximum Gasteiger partial charge on any atom is 0.319 e. The lowest BCUT2D eigenvalue weighted by Gasteiger charge is -2.12. The van der Waals surface area contributed by atoms with Crippen molar-refractivity contribution in [1.29, 1.82) is 0 Å². The highest BCUT2D eigenvalue weighted by Gasteiger charge is 2.23. The predicted molar refractivity (Wildman–Crippen MR) is 82.1 cm³/mol. The Balaban J connectivity index is 1.44. The summed E-state index contributed by atoms with van der Waals surface area (Å²) in [6, 6.07) is 8.25. The van der Waals surface area contributed by atoms with E-state index < -0.39 is 0 Å². The molecule has 0 aromatic heterocycles. The van der Waals surface area contributed by atoms with E-state index in [-0.39, 0.29) is 6.03 Å². The van der Waals surface area contributed by atoms with Gasteiger partial charge in [-0.15, -0.1) is 0 Å². The normalized spacial score (nSPS) is 18.8. The molecule has 2 aliphatic carbocycles. The van der Waals surface area contributed by atoms with Gasteiger partial charge in [0.2, 0.25) is 0 Å². The van der Waals surface area contributed by atoms with Crippen molar-refractivity contribution in [2.75, 3.05) is 17.2 Å². The zero-order valence-corrected chi connectivity index (χ0v) is 11.8. The summed E-state index contributed by atoms with van der Waals surface area (Å²) in [4.78, 5) is 11.6. The third-order valence-corrected chi connectivity index (χ3v) is 4.12. The molecular weight excluding hydrogens is 250 g/mol. The molecule has 0 aliphatic heterocycles. The standard InChI is InChI=1S/C16H23N3O/c20-16(19-15-9-10-15)18-14-7-5-13(6-8-14)17-11-12-3-1-2-4-12/h5-8,12,15,17H,1-4,9-11H2,(H2,18,19,20). The van der Waals surface area contributed by atoms with Crippen molar-refractivity contribution in [3.8, 4) is 0 Å². The molecule has 1 aromatic rings. The number of hydrogen-bond donors (Lipinski definition) is 3. The molecule has 0 bridgehead atoms. The average molecular weight is 273 g/mol. The molecule has 2 amide bonds. The van der Waals surface area contributed by atoms with Gasteiger partial charge in [0.15, 0.2) is 0 Å². The van der Waals surface area contributed by atoms with Gasteiger partial charge in [0.25, 0.3) is 0 Å². The Bertz CT molecular complexity index is 447. The number of carbonyl (C=O) groups is 1. The van der Waals surface area contributed by atoms with Gasteiger partial charge < -0.3 is 16.0 Å². The number of anilines is 2. The van der Waals surface area contributed by atoms with Crippen LogP contribution in [-0.2, 0) is 0 Å². The van der Waals surface area contributed by atoms with Crippen LogP contribution < -0.4 is 16.0 Å². The molecule has 4 nitrogen and oxygen atoms in total. The zero-order valence-electron chi connectivity index (χ0n) is 11.8. The maximum atomic E-state index is 11.6. The topological polar surface area (TPSA) is 53.2 Å². The number of amides is 2. The zero-order chi connectivity index (χ0) is 13.8. The number of nitrogens with one attached hydrogen (secondary N) is 3. The van der Waals surface area contributed by atoms with Crippen molar-refractivity contribution in [3.63, 3.8) is 0 Å². The van der Waals surface area contributed by atoms with Crippen LogP contribution >= 0.6 is 0 Å². The van der Waals surface area contributed by atoms with E-state index in [1.165, 1.54) is 25.7 Å². The van der Waals surface area contributed by atoms with Crippen LogP contribution in [0.3, 0.4) is 0 Å². The quantitative estimate of drug-likeness (QED) is 0.768. The summed E-state index contributed by atoms with van der Waals surface area (Å²) in [6.07, 6.45) is 7.69. The summed E-state index contributed by atoms with van der Waals surface area (Å²) in [5.74, 6) is 0.831. The highest BCUT2D eigenvalue weighted by atomic mass is 16.2.